The Morgan fingerprint density at radius 2 is 0.962 bits per heavy atom. The molecule has 2 aliphatic rings. The SMILES string of the molecule is CC[C@@H]1O[C@H](c2ccccc2)OC2C1O[C@@H](c1ccccc1)O[C@@H]2CC. The second-order valence-electron chi connectivity index (χ2n) is 6.85. The maximum atomic E-state index is 6.32. The van der Waals surface area contributed by atoms with Gasteiger partial charge in [-0.05, 0) is 12.8 Å². The molecule has 2 heterocycles. The highest BCUT2D eigenvalue weighted by Gasteiger charge is 2.48. The van der Waals surface area contributed by atoms with E-state index in [4.69, 9.17) is 18.9 Å². The molecule has 4 heteroatoms. The van der Waals surface area contributed by atoms with Gasteiger partial charge in [-0.3, -0.25) is 0 Å². The van der Waals surface area contributed by atoms with Gasteiger partial charge in [0.05, 0.1) is 12.2 Å². The van der Waals surface area contributed by atoms with Gasteiger partial charge in [0.1, 0.15) is 12.2 Å². The zero-order valence-electron chi connectivity index (χ0n) is 15.3. The molecule has 2 unspecified atom stereocenters. The smallest absolute Gasteiger partial charge is 0.184 e. The van der Waals surface area contributed by atoms with Gasteiger partial charge in [0.15, 0.2) is 12.6 Å². The second kappa shape index (κ2) is 7.89. The highest BCUT2D eigenvalue weighted by Crippen LogP contribution is 2.41. The average molecular weight is 354 g/mol. The van der Waals surface area contributed by atoms with E-state index < -0.39 is 0 Å². The van der Waals surface area contributed by atoms with Crippen LogP contribution in [0.5, 0.6) is 0 Å². The summed E-state index contributed by atoms with van der Waals surface area (Å²) in [5, 5.41) is 0. The molecule has 0 radical (unpaired) electrons. The van der Waals surface area contributed by atoms with Crippen LogP contribution in [0.3, 0.4) is 0 Å². The normalized spacial score (nSPS) is 34.2. The molecule has 0 amide bonds. The van der Waals surface area contributed by atoms with Crippen molar-refractivity contribution in [1.29, 1.82) is 0 Å². The lowest BCUT2D eigenvalue weighted by atomic mass is 9.95. The summed E-state index contributed by atoms with van der Waals surface area (Å²) >= 11 is 0. The summed E-state index contributed by atoms with van der Waals surface area (Å²) in [6.07, 6.45) is 0.658. The second-order valence-corrected chi connectivity index (χ2v) is 6.85. The van der Waals surface area contributed by atoms with Gasteiger partial charge in [-0.25, -0.2) is 0 Å². The van der Waals surface area contributed by atoms with Crippen LogP contribution in [0.15, 0.2) is 60.7 Å². The Balaban J connectivity index is 1.59. The van der Waals surface area contributed by atoms with E-state index in [1.807, 2.05) is 60.7 Å². The van der Waals surface area contributed by atoms with E-state index in [0.29, 0.717) is 0 Å². The number of ether oxygens (including phenoxy) is 4. The van der Waals surface area contributed by atoms with E-state index in [1.54, 1.807) is 0 Å². The summed E-state index contributed by atoms with van der Waals surface area (Å²) in [6, 6.07) is 20.2. The Morgan fingerprint density at radius 1 is 0.577 bits per heavy atom. The van der Waals surface area contributed by atoms with Gasteiger partial charge in [0.25, 0.3) is 0 Å². The Bertz CT molecular complexity index is 628. The molecule has 6 atom stereocenters. The van der Waals surface area contributed by atoms with Crippen molar-refractivity contribution < 1.29 is 18.9 Å². The van der Waals surface area contributed by atoms with Crippen LogP contribution in [0.4, 0.5) is 0 Å². The number of benzene rings is 2. The van der Waals surface area contributed by atoms with E-state index in [-0.39, 0.29) is 37.0 Å². The Labute approximate surface area is 155 Å². The van der Waals surface area contributed by atoms with E-state index in [2.05, 4.69) is 13.8 Å². The van der Waals surface area contributed by atoms with Crippen LogP contribution >= 0.6 is 0 Å². The third kappa shape index (κ3) is 3.42. The Morgan fingerprint density at radius 3 is 1.31 bits per heavy atom. The molecule has 4 rings (SSSR count). The predicted molar refractivity (Wildman–Crippen MR) is 98.4 cm³/mol. The van der Waals surface area contributed by atoms with E-state index >= 15 is 0 Å². The minimum Gasteiger partial charge on any atom is -0.342 e. The Kier molecular flexibility index (Phi) is 5.36. The molecule has 0 N–H and O–H groups in total. The maximum Gasteiger partial charge on any atom is 0.184 e. The summed E-state index contributed by atoms with van der Waals surface area (Å²) < 4.78 is 25.2. The number of fused-ring (bicyclic) bond motifs is 1. The molecule has 0 bridgehead atoms. The van der Waals surface area contributed by atoms with Crippen LogP contribution in [0.25, 0.3) is 0 Å². The van der Waals surface area contributed by atoms with Crippen molar-refractivity contribution in [3.8, 4) is 0 Å². The lowest BCUT2D eigenvalue weighted by Gasteiger charge is -2.49. The van der Waals surface area contributed by atoms with Crippen molar-refractivity contribution in [2.75, 3.05) is 0 Å². The monoisotopic (exact) mass is 354 g/mol. The molecule has 4 nitrogen and oxygen atoms in total. The standard InChI is InChI=1S/C22H26O4/c1-3-17-19-20(26-21(23-17)15-11-7-5-8-12-15)18(4-2)24-22(25-19)16-13-9-6-10-14-16/h5-14,17-22H,3-4H2,1-2H3/t17-,18+,19?,20?,21-,22-/m0/s1. The minimum atomic E-state index is -0.378. The van der Waals surface area contributed by atoms with Crippen molar-refractivity contribution in [2.24, 2.45) is 0 Å². The molecular weight excluding hydrogens is 328 g/mol. The van der Waals surface area contributed by atoms with Crippen molar-refractivity contribution in [1.82, 2.24) is 0 Å². The molecule has 26 heavy (non-hydrogen) atoms. The molecule has 0 aromatic heterocycles. The quantitative estimate of drug-likeness (QED) is 0.792. The first-order valence-electron chi connectivity index (χ1n) is 9.52. The predicted octanol–water partition coefficient (Wildman–Crippen LogP) is 4.77. The molecule has 2 saturated heterocycles. The van der Waals surface area contributed by atoms with Crippen LogP contribution in [-0.2, 0) is 18.9 Å². The van der Waals surface area contributed by atoms with Gasteiger partial charge in [-0.15, -0.1) is 0 Å². The summed E-state index contributed by atoms with van der Waals surface area (Å²) in [5.74, 6) is 0. The number of hydrogen-bond donors (Lipinski definition) is 0. The fraction of sp³-hybridized carbons (Fsp3) is 0.455. The number of hydrogen-bond acceptors (Lipinski definition) is 4. The third-order valence-corrected chi connectivity index (χ3v) is 5.16. The molecule has 0 saturated carbocycles. The van der Waals surface area contributed by atoms with Crippen LogP contribution in [0.1, 0.15) is 50.4 Å². The fourth-order valence-corrected chi connectivity index (χ4v) is 3.77. The largest absolute Gasteiger partial charge is 0.342 e. The van der Waals surface area contributed by atoms with Crippen molar-refractivity contribution in [2.45, 2.75) is 63.7 Å². The first-order chi connectivity index (χ1) is 12.8. The fourth-order valence-electron chi connectivity index (χ4n) is 3.77. The van der Waals surface area contributed by atoms with E-state index in [0.717, 1.165) is 24.0 Å². The summed E-state index contributed by atoms with van der Waals surface area (Å²) in [6.45, 7) is 4.26. The first kappa shape index (κ1) is 17.7. The van der Waals surface area contributed by atoms with Gasteiger partial charge in [-0.1, -0.05) is 74.5 Å². The van der Waals surface area contributed by atoms with Crippen molar-refractivity contribution in [3.05, 3.63) is 71.8 Å². The van der Waals surface area contributed by atoms with Crippen molar-refractivity contribution in [3.63, 3.8) is 0 Å². The lowest BCUT2D eigenvalue weighted by molar-refractivity contribution is -0.382. The van der Waals surface area contributed by atoms with Gasteiger partial charge in [0, 0.05) is 11.1 Å². The number of rotatable bonds is 4. The molecule has 2 aromatic carbocycles. The van der Waals surface area contributed by atoms with Crippen molar-refractivity contribution >= 4 is 0 Å². The first-order valence-corrected chi connectivity index (χ1v) is 9.52. The molecule has 2 aliphatic heterocycles. The van der Waals surface area contributed by atoms with Crippen LogP contribution < -0.4 is 0 Å². The lowest BCUT2D eigenvalue weighted by Crippen LogP contribution is -2.57. The molecule has 0 spiro atoms. The van der Waals surface area contributed by atoms with Crippen LogP contribution in [0.2, 0.25) is 0 Å². The van der Waals surface area contributed by atoms with Gasteiger partial charge in [0.2, 0.25) is 0 Å². The third-order valence-electron chi connectivity index (χ3n) is 5.16. The average Bonchev–Trinajstić information content (AvgIpc) is 2.73. The zero-order chi connectivity index (χ0) is 17.9. The maximum absolute atomic E-state index is 6.32. The molecular formula is C22H26O4. The van der Waals surface area contributed by atoms with E-state index in [1.165, 1.54) is 0 Å². The van der Waals surface area contributed by atoms with Crippen LogP contribution in [-0.4, -0.2) is 24.4 Å². The summed E-state index contributed by atoms with van der Waals surface area (Å²) in [4.78, 5) is 0. The van der Waals surface area contributed by atoms with Gasteiger partial charge >= 0.3 is 0 Å². The molecule has 2 aromatic rings. The molecule has 0 aliphatic carbocycles. The molecule has 138 valence electrons. The topological polar surface area (TPSA) is 36.9 Å². The molecule has 2 fully saturated rings. The Hall–Kier alpha value is -1.72. The van der Waals surface area contributed by atoms with E-state index in [9.17, 15) is 0 Å². The highest BCUT2D eigenvalue weighted by atomic mass is 16.8. The zero-order valence-corrected chi connectivity index (χ0v) is 15.3. The minimum absolute atomic E-state index is 0.0249. The van der Waals surface area contributed by atoms with Gasteiger partial charge in [-0.2, -0.15) is 0 Å². The van der Waals surface area contributed by atoms with Gasteiger partial charge < -0.3 is 18.9 Å². The highest BCUT2D eigenvalue weighted by molar-refractivity contribution is 5.18. The summed E-state index contributed by atoms with van der Waals surface area (Å²) in [5.41, 5.74) is 2.06. The van der Waals surface area contributed by atoms with Crippen LogP contribution in [0, 0.1) is 0 Å². The summed E-state index contributed by atoms with van der Waals surface area (Å²) in [7, 11) is 0.